The summed E-state index contributed by atoms with van der Waals surface area (Å²) >= 11 is 3.60. The van der Waals surface area contributed by atoms with Crippen LogP contribution < -0.4 is 0 Å². The number of carbonyl (C=O) groups excluding carboxylic acids is 1. The Hall–Kier alpha value is -0.130. The second-order valence-electron chi connectivity index (χ2n) is 6.58. The highest BCUT2D eigenvalue weighted by molar-refractivity contribution is 8.19. The molecule has 0 spiro atoms. The molecule has 2 aliphatic heterocycles. The van der Waals surface area contributed by atoms with Gasteiger partial charge in [-0.1, -0.05) is 20.3 Å². The summed E-state index contributed by atoms with van der Waals surface area (Å²) in [6.07, 6.45) is 8.32. The molecule has 0 radical (unpaired) electrons. The van der Waals surface area contributed by atoms with Gasteiger partial charge in [0.2, 0.25) is 0 Å². The Morgan fingerprint density at radius 2 is 1.70 bits per heavy atom. The lowest BCUT2D eigenvalue weighted by Gasteiger charge is -2.49. The molecule has 0 saturated carbocycles. The van der Waals surface area contributed by atoms with Gasteiger partial charge in [-0.05, 0) is 62.3 Å². The van der Waals surface area contributed by atoms with E-state index in [0.29, 0.717) is 0 Å². The Morgan fingerprint density at radius 1 is 1.04 bits per heavy atom. The molecule has 3 aliphatic rings. The van der Waals surface area contributed by atoms with Crippen molar-refractivity contribution in [2.24, 2.45) is 0 Å². The number of likely N-dealkylation sites (tertiary alicyclic amines) is 1. The van der Waals surface area contributed by atoms with E-state index in [9.17, 15) is 4.79 Å². The molecule has 1 unspecified atom stereocenters. The van der Waals surface area contributed by atoms with Gasteiger partial charge in [0, 0.05) is 6.42 Å². The molecule has 1 aliphatic carbocycles. The van der Waals surface area contributed by atoms with Crippen molar-refractivity contribution in [1.29, 1.82) is 0 Å². The second-order valence-corrected chi connectivity index (χ2v) is 9.86. The maximum Gasteiger partial charge on any atom is 0.339 e. The van der Waals surface area contributed by atoms with Crippen LogP contribution in [0.1, 0.15) is 58.8 Å². The first-order chi connectivity index (χ1) is 11.2. The lowest BCUT2D eigenvalue weighted by Crippen LogP contribution is -2.59. The van der Waals surface area contributed by atoms with Gasteiger partial charge in [0.25, 0.3) is 0 Å². The Kier molecular flexibility index (Phi) is 6.02. The summed E-state index contributed by atoms with van der Waals surface area (Å²) in [5, 5.41) is 0. The molecule has 3 nitrogen and oxygen atoms in total. The summed E-state index contributed by atoms with van der Waals surface area (Å²) in [5.74, 6) is 2.93. The quantitative estimate of drug-likeness (QED) is 0.538. The number of allylic oxidation sites excluding steroid dienone is 1. The second kappa shape index (κ2) is 7.83. The summed E-state index contributed by atoms with van der Waals surface area (Å²) in [6, 6.07) is 0.245. The van der Waals surface area contributed by atoms with Gasteiger partial charge in [-0.25, -0.2) is 4.79 Å². The molecule has 130 valence electrons. The number of carbonyl (C=O) groups is 1. The maximum atomic E-state index is 13.1. The summed E-state index contributed by atoms with van der Waals surface area (Å²) in [7, 11) is 0. The Labute approximate surface area is 149 Å². The van der Waals surface area contributed by atoms with E-state index in [1.807, 2.05) is 0 Å². The van der Waals surface area contributed by atoms with Gasteiger partial charge in [-0.2, -0.15) is 0 Å². The summed E-state index contributed by atoms with van der Waals surface area (Å²) in [5.41, 5.74) is 1.44. The van der Waals surface area contributed by atoms with E-state index in [1.165, 1.54) is 31.3 Å². The van der Waals surface area contributed by atoms with E-state index in [2.05, 4.69) is 18.7 Å². The molecule has 0 aromatic carbocycles. The molecule has 0 N–H and O–H groups in total. The molecule has 0 aromatic rings. The average Bonchev–Trinajstić information content (AvgIpc) is 2.57. The predicted molar refractivity (Wildman–Crippen MR) is 99.8 cm³/mol. The molecule has 1 saturated heterocycles. The largest absolute Gasteiger partial charge is 0.429 e. The van der Waals surface area contributed by atoms with Crippen molar-refractivity contribution in [3.8, 4) is 0 Å². The van der Waals surface area contributed by atoms with Crippen molar-refractivity contribution in [3.63, 3.8) is 0 Å². The zero-order chi connectivity index (χ0) is 16.3. The van der Waals surface area contributed by atoms with E-state index in [0.717, 1.165) is 49.6 Å². The average molecular weight is 356 g/mol. The Bertz CT molecular complexity index is 466. The number of ether oxygens (including phenoxy) is 1. The van der Waals surface area contributed by atoms with E-state index in [-0.39, 0.29) is 12.0 Å². The first-order valence-corrected chi connectivity index (χ1v) is 11.2. The van der Waals surface area contributed by atoms with Crippen molar-refractivity contribution in [2.45, 2.75) is 68.9 Å². The van der Waals surface area contributed by atoms with Gasteiger partial charge in [0.15, 0.2) is 4.08 Å². The van der Waals surface area contributed by atoms with Gasteiger partial charge in [0.1, 0.15) is 5.76 Å². The highest BCUT2D eigenvalue weighted by Crippen LogP contribution is 2.52. The summed E-state index contributed by atoms with van der Waals surface area (Å²) in [4.78, 5) is 15.7. The number of thioether (sulfide) groups is 2. The van der Waals surface area contributed by atoms with E-state index in [1.54, 1.807) is 23.5 Å². The molecule has 0 amide bonds. The Morgan fingerprint density at radius 3 is 2.35 bits per heavy atom. The number of nitrogens with zero attached hydrogens (tertiary/aromatic N) is 1. The zero-order valence-electron chi connectivity index (χ0n) is 14.4. The number of rotatable bonds is 5. The van der Waals surface area contributed by atoms with Gasteiger partial charge >= 0.3 is 5.97 Å². The van der Waals surface area contributed by atoms with E-state index < -0.39 is 4.08 Å². The smallest absolute Gasteiger partial charge is 0.339 e. The third kappa shape index (κ3) is 3.34. The molecule has 0 bridgehead atoms. The van der Waals surface area contributed by atoms with Gasteiger partial charge in [-0.3, -0.25) is 4.90 Å². The van der Waals surface area contributed by atoms with Crippen LogP contribution >= 0.6 is 23.5 Å². The monoisotopic (exact) mass is 355 g/mol. The molecule has 1 atom stereocenters. The highest BCUT2D eigenvalue weighted by Gasteiger charge is 2.55. The summed E-state index contributed by atoms with van der Waals surface area (Å²) in [6.45, 7) is 6.58. The van der Waals surface area contributed by atoms with Gasteiger partial charge in [0.05, 0.1) is 6.04 Å². The maximum absolute atomic E-state index is 13.1. The van der Waals surface area contributed by atoms with Crippen LogP contribution in [-0.4, -0.2) is 45.6 Å². The fourth-order valence-electron chi connectivity index (χ4n) is 4.21. The van der Waals surface area contributed by atoms with Crippen LogP contribution in [0.4, 0.5) is 0 Å². The van der Waals surface area contributed by atoms with Crippen molar-refractivity contribution in [1.82, 2.24) is 4.90 Å². The van der Waals surface area contributed by atoms with Crippen LogP contribution in [0.25, 0.3) is 0 Å². The third-order valence-electron chi connectivity index (χ3n) is 5.12. The van der Waals surface area contributed by atoms with Crippen molar-refractivity contribution in [3.05, 3.63) is 11.3 Å². The van der Waals surface area contributed by atoms with Crippen LogP contribution in [0.2, 0.25) is 0 Å². The van der Waals surface area contributed by atoms with Crippen molar-refractivity contribution >= 4 is 29.5 Å². The number of esters is 1. The SMILES string of the molecule is CCSC1(SCC)C(=O)OC2=C(CCCC2)C1N1CCCCC1. The molecule has 3 rings (SSSR count). The molecular formula is C18H29NO2S2. The lowest BCUT2D eigenvalue weighted by atomic mass is 9.86. The zero-order valence-corrected chi connectivity index (χ0v) is 16.1. The normalized spacial score (nSPS) is 28.4. The standard InChI is InChI=1S/C18H29NO2S2/c1-3-22-18(23-4-2)16(19-12-8-5-9-13-19)14-10-6-7-11-15(14)21-17(18)20/h16H,3-13H2,1-2H3. The third-order valence-corrected chi connectivity index (χ3v) is 8.04. The minimum Gasteiger partial charge on any atom is -0.429 e. The minimum atomic E-state index is -0.461. The van der Waals surface area contributed by atoms with Crippen LogP contribution in [-0.2, 0) is 9.53 Å². The van der Waals surface area contributed by atoms with Gasteiger partial charge < -0.3 is 4.74 Å². The lowest BCUT2D eigenvalue weighted by molar-refractivity contribution is -0.143. The number of hydrogen-bond acceptors (Lipinski definition) is 5. The van der Waals surface area contributed by atoms with E-state index in [4.69, 9.17) is 4.74 Å². The minimum absolute atomic E-state index is 0.00687. The summed E-state index contributed by atoms with van der Waals surface area (Å²) < 4.78 is 5.44. The molecule has 1 fully saturated rings. The predicted octanol–water partition coefficient (Wildman–Crippen LogP) is 4.43. The first-order valence-electron chi connectivity index (χ1n) is 9.19. The fourth-order valence-corrected chi connectivity index (χ4v) is 7.33. The van der Waals surface area contributed by atoms with Crippen LogP contribution in [0.15, 0.2) is 11.3 Å². The Balaban J connectivity index is 2.03. The molecule has 0 aromatic heterocycles. The van der Waals surface area contributed by atoms with E-state index >= 15 is 0 Å². The fraction of sp³-hybridized carbons (Fsp3) is 0.833. The molecule has 5 heteroatoms. The van der Waals surface area contributed by atoms with Crippen molar-refractivity contribution < 1.29 is 9.53 Å². The van der Waals surface area contributed by atoms with Crippen molar-refractivity contribution in [2.75, 3.05) is 24.6 Å². The molecular weight excluding hydrogens is 326 g/mol. The molecule has 2 heterocycles. The first kappa shape index (κ1) is 17.7. The van der Waals surface area contributed by atoms with Crippen LogP contribution in [0.3, 0.4) is 0 Å². The number of hydrogen-bond donors (Lipinski definition) is 0. The number of piperidine rings is 1. The van der Waals surface area contributed by atoms with Crippen LogP contribution in [0.5, 0.6) is 0 Å². The topological polar surface area (TPSA) is 29.5 Å². The van der Waals surface area contributed by atoms with Crippen LogP contribution in [0, 0.1) is 0 Å². The molecule has 23 heavy (non-hydrogen) atoms. The highest BCUT2D eigenvalue weighted by atomic mass is 32.2. The van der Waals surface area contributed by atoms with Gasteiger partial charge in [-0.15, -0.1) is 23.5 Å².